The summed E-state index contributed by atoms with van der Waals surface area (Å²) in [6, 6.07) is 12.3. The number of para-hydroxylation sites is 1. The number of benzene rings is 2. The van der Waals surface area contributed by atoms with Crippen molar-refractivity contribution in [3.63, 3.8) is 0 Å². The Morgan fingerprint density at radius 1 is 0.964 bits per heavy atom. The van der Waals surface area contributed by atoms with Crippen molar-refractivity contribution in [1.82, 2.24) is 4.98 Å². The highest BCUT2D eigenvalue weighted by molar-refractivity contribution is 6.05. The van der Waals surface area contributed by atoms with Crippen molar-refractivity contribution < 1.29 is 18.0 Å². The van der Waals surface area contributed by atoms with E-state index in [-0.39, 0.29) is 16.9 Å². The largest absolute Gasteiger partial charge is 0.418 e. The third kappa shape index (κ3) is 4.49. The molecule has 1 heterocycles. The lowest BCUT2D eigenvalue weighted by Gasteiger charge is -2.15. The number of hydrogen-bond donors (Lipinski definition) is 2. The van der Waals surface area contributed by atoms with Crippen LogP contribution in [-0.2, 0) is 6.18 Å². The fraction of sp³-hybridized carbons (Fsp3) is 0.143. The maximum Gasteiger partial charge on any atom is 0.418 e. The number of carbonyl (C=O) groups excluding carboxylic acids is 1. The summed E-state index contributed by atoms with van der Waals surface area (Å²) in [6.45, 7) is 3.79. The van der Waals surface area contributed by atoms with Crippen LogP contribution >= 0.6 is 0 Å². The summed E-state index contributed by atoms with van der Waals surface area (Å²) in [5.41, 5.74) is 2.19. The lowest BCUT2D eigenvalue weighted by Crippen LogP contribution is -2.14. The van der Waals surface area contributed by atoms with Gasteiger partial charge in [0.2, 0.25) is 0 Å². The molecule has 0 bridgehead atoms. The molecule has 0 aliphatic rings. The van der Waals surface area contributed by atoms with E-state index >= 15 is 0 Å². The molecule has 2 N–H and O–H groups in total. The molecule has 0 aliphatic heterocycles. The molecule has 0 saturated carbocycles. The topological polar surface area (TPSA) is 54.0 Å². The van der Waals surface area contributed by atoms with E-state index in [0.717, 1.165) is 17.2 Å². The van der Waals surface area contributed by atoms with Gasteiger partial charge in [-0.05, 0) is 49.2 Å². The minimum absolute atomic E-state index is 0.108. The average Bonchev–Trinajstić information content (AvgIpc) is 2.64. The van der Waals surface area contributed by atoms with E-state index in [1.165, 1.54) is 36.7 Å². The molecule has 4 nitrogen and oxygen atoms in total. The van der Waals surface area contributed by atoms with Crippen LogP contribution in [0.25, 0.3) is 0 Å². The standard InChI is InChI=1S/C21H18F3N3O/c1-13-7-8-14(2)19(9-13)27-20(28)15-10-16(12-25-11-15)26-18-6-4-3-5-17(18)21(22,23)24/h3-12,26H,1-2H3,(H,27,28). The van der Waals surface area contributed by atoms with Crippen LogP contribution in [0.3, 0.4) is 0 Å². The molecule has 0 fully saturated rings. The first-order valence-corrected chi connectivity index (χ1v) is 8.51. The Kier molecular flexibility index (Phi) is 5.35. The third-order valence-corrected chi connectivity index (χ3v) is 4.15. The first-order chi connectivity index (χ1) is 13.2. The highest BCUT2D eigenvalue weighted by atomic mass is 19.4. The van der Waals surface area contributed by atoms with Gasteiger partial charge in [0.15, 0.2) is 0 Å². The van der Waals surface area contributed by atoms with Gasteiger partial charge in [0.25, 0.3) is 5.91 Å². The number of hydrogen-bond acceptors (Lipinski definition) is 3. The fourth-order valence-electron chi connectivity index (χ4n) is 2.69. The molecule has 144 valence electrons. The zero-order valence-corrected chi connectivity index (χ0v) is 15.3. The van der Waals surface area contributed by atoms with E-state index in [2.05, 4.69) is 15.6 Å². The van der Waals surface area contributed by atoms with Gasteiger partial charge in [-0.1, -0.05) is 24.3 Å². The van der Waals surface area contributed by atoms with Crippen molar-refractivity contribution in [2.75, 3.05) is 10.6 Å². The number of alkyl halides is 3. The predicted octanol–water partition coefficient (Wildman–Crippen LogP) is 5.71. The number of anilines is 3. The van der Waals surface area contributed by atoms with Gasteiger partial charge >= 0.3 is 6.18 Å². The number of nitrogens with zero attached hydrogens (tertiary/aromatic N) is 1. The Bertz CT molecular complexity index is 1020. The number of pyridine rings is 1. The summed E-state index contributed by atoms with van der Waals surface area (Å²) < 4.78 is 39.5. The Morgan fingerprint density at radius 2 is 1.71 bits per heavy atom. The lowest BCUT2D eigenvalue weighted by molar-refractivity contribution is -0.136. The second kappa shape index (κ2) is 7.72. The molecule has 0 saturated heterocycles. The second-order valence-corrected chi connectivity index (χ2v) is 6.40. The number of rotatable bonds is 4. The maximum atomic E-state index is 13.2. The van der Waals surface area contributed by atoms with E-state index in [1.54, 1.807) is 0 Å². The van der Waals surface area contributed by atoms with Crippen molar-refractivity contribution in [2.45, 2.75) is 20.0 Å². The zero-order chi connectivity index (χ0) is 20.3. The van der Waals surface area contributed by atoms with Crippen LogP contribution in [0.5, 0.6) is 0 Å². The first kappa shape index (κ1) is 19.4. The Labute approximate surface area is 160 Å². The molecule has 3 aromatic rings. The van der Waals surface area contributed by atoms with Gasteiger partial charge in [-0.3, -0.25) is 9.78 Å². The van der Waals surface area contributed by atoms with Crippen LogP contribution in [0.2, 0.25) is 0 Å². The van der Waals surface area contributed by atoms with E-state index in [4.69, 9.17) is 0 Å². The number of aromatic nitrogens is 1. The van der Waals surface area contributed by atoms with Gasteiger partial charge < -0.3 is 10.6 Å². The normalized spacial score (nSPS) is 11.2. The summed E-state index contributed by atoms with van der Waals surface area (Å²) in [5.74, 6) is -0.394. The van der Waals surface area contributed by atoms with Crippen LogP contribution in [0.1, 0.15) is 27.0 Å². The van der Waals surface area contributed by atoms with Crippen LogP contribution in [0.4, 0.5) is 30.2 Å². The molecule has 0 unspecified atom stereocenters. The molecule has 1 amide bonds. The molecule has 28 heavy (non-hydrogen) atoms. The number of nitrogens with one attached hydrogen (secondary N) is 2. The number of aryl methyl sites for hydroxylation is 2. The van der Waals surface area contributed by atoms with Gasteiger partial charge in [0.05, 0.1) is 28.7 Å². The smallest absolute Gasteiger partial charge is 0.354 e. The van der Waals surface area contributed by atoms with Crippen molar-refractivity contribution in [3.8, 4) is 0 Å². The quantitative estimate of drug-likeness (QED) is 0.605. The Hall–Kier alpha value is -3.35. The highest BCUT2D eigenvalue weighted by Gasteiger charge is 2.33. The zero-order valence-electron chi connectivity index (χ0n) is 15.3. The average molecular weight is 385 g/mol. The van der Waals surface area contributed by atoms with Crippen LogP contribution in [0.15, 0.2) is 60.9 Å². The lowest BCUT2D eigenvalue weighted by atomic mass is 10.1. The summed E-state index contributed by atoms with van der Waals surface area (Å²) >= 11 is 0. The minimum Gasteiger partial charge on any atom is -0.354 e. The minimum atomic E-state index is -4.49. The van der Waals surface area contributed by atoms with Gasteiger partial charge in [0.1, 0.15) is 0 Å². The molecule has 3 rings (SSSR count). The van der Waals surface area contributed by atoms with E-state index < -0.39 is 17.6 Å². The number of amides is 1. The van der Waals surface area contributed by atoms with Crippen LogP contribution in [0, 0.1) is 13.8 Å². The van der Waals surface area contributed by atoms with E-state index in [0.29, 0.717) is 5.69 Å². The third-order valence-electron chi connectivity index (χ3n) is 4.15. The van der Waals surface area contributed by atoms with Crippen molar-refractivity contribution in [1.29, 1.82) is 0 Å². The molecule has 0 atom stereocenters. The summed E-state index contributed by atoms with van der Waals surface area (Å²) in [4.78, 5) is 16.5. The maximum absolute atomic E-state index is 13.2. The summed E-state index contributed by atoms with van der Waals surface area (Å²) in [7, 11) is 0. The monoisotopic (exact) mass is 385 g/mol. The Morgan fingerprint density at radius 3 is 2.46 bits per heavy atom. The molecular weight excluding hydrogens is 367 g/mol. The molecule has 1 aromatic heterocycles. The molecule has 7 heteroatoms. The van der Waals surface area contributed by atoms with Gasteiger partial charge in [-0.25, -0.2) is 0 Å². The van der Waals surface area contributed by atoms with Gasteiger partial charge in [-0.15, -0.1) is 0 Å². The molecule has 0 spiro atoms. The first-order valence-electron chi connectivity index (χ1n) is 8.51. The van der Waals surface area contributed by atoms with Gasteiger partial charge in [-0.2, -0.15) is 13.2 Å². The van der Waals surface area contributed by atoms with Crippen LogP contribution < -0.4 is 10.6 Å². The fourth-order valence-corrected chi connectivity index (χ4v) is 2.69. The van der Waals surface area contributed by atoms with E-state index in [9.17, 15) is 18.0 Å². The molecule has 2 aromatic carbocycles. The summed E-state index contributed by atoms with van der Waals surface area (Å²) in [5, 5.41) is 5.50. The SMILES string of the molecule is Cc1ccc(C)c(NC(=O)c2cncc(Nc3ccccc3C(F)(F)F)c2)c1. The molecule has 0 aliphatic carbocycles. The van der Waals surface area contributed by atoms with E-state index in [1.807, 2.05) is 32.0 Å². The van der Waals surface area contributed by atoms with Gasteiger partial charge in [0, 0.05) is 11.9 Å². The summed E-state index contributed by atoms with van der Waals surface area (Å²) in [6.07, 6.45) is -1.77. The molecule has 0 radical (unpaired) electrons. The second-order valence-electron chi connectivity index (χ2n) is 6.40. The van der Waals surface area contributed by atoms with Crippen molar-refractivity contribution >= 4 is 23.0 Å². The predicted molar refractivity (Wildman–Crippen MR) is 103 cm³/mol. The highest BCUT2D eigenvalue weighted by Crippen LogP contribution is 2.35. The molecular formula is C21H18F3N3O. The van der Waals surface area contributed by atoms with Crippen molar-refractivity contribution in [3.05, 3.63) is 83.2 Å². The van der Waals surface area contributed by atoms with Crippen molar-refractivity contribution in [2.24, 2.45) is 0 Å². The number of halogens is 3. The number of carbonyl (C=O) groups is 1. The Balaban J connectivity index is 1.83. The van der Waals surface area contributed by atoms with Crippen LogP contribution in [-0.4, -0.2) is 10.9 Å².